The first-order chi connectivity index (χ1) is 9.98. The van der Waals surface area contributed by atoms with Crippen LogP contribution in [-0.2, 0) is 11.3 Å². The summed E-state index contributed by atoms with van der Waals surface area (Å²) in [6, 6.07) is 1.04. The lowest BCUT2D eigenvalue weighted by Crippen LogP contribution is -2.49. The SMILES string of the molecule is CC(C)(CNC(=O)OC(C)(C)C)NCc1cc(F)ncc1F. The molecule has 1 amide bonds. The highest BCUT2D eigenvalue weighted by Gasteiger charge is 2.21. The van der Waals surface area contributed by atoms with Gasteiger partial charge in [-0.25, -0.2) is 14.2 Å². The second kappa shape index (κ2) is 7.00. The van der Waals surface area contributed by atoms with E-state index >= 15 is 0 Å². The van der Waals surface area contributed by atoms with Crippen LogP contribution >= 0.6 is 0 Å². The van der Waals surface area contributed by atoms with Crippen LogP contribution in [0, 0.1) is 11.8 Å². The topological polar surface area (TPSA) is 63.2 Å². The summed E-state index contributed by atoms with van der Waals surface area (Å²) in [4.78, 5) is 14.8. The number of hydrogen-bond acceptors (Lipinski definition) is 4. The number of alkyl carbamates (subject to hydrolysis) is 1. The van der Waals surface area contributed by atoms with E-state index in [4.69, 9.17) is 4.74 Å². The van der Waals surface area contributed by atoms with E-state index in [2.05, 4.69) is 15.6 Å². The van der Waals surface area contributed by atoms with Crippen molar-refractivity contribution >= 4 is 6.09 Å². The molecule has 1 heterocycles. The van der Waals surface area contributed by atoms with Crippen molar-refractivity contribution in [3.63, 3.8) is 0 Å². The standard InChI is InChI=1S/C15H23F2N3O2/c1-14(2,3)22-13(21)19-9-15(4,5)20-7-10-6-12(17)18-8-11(10)16/h6,8,20H,7,9H2,1-5H3,(H,19,21). The zero-order valence-corrected chi connectivity index (χ0v) is 13.6. The van der Waals surface area contributed by atoms with Gasteiger partial charge in [0, 0.05) is 30.3 Å². The molecule has 5 nitrogen and oxygen atoms in total. The molecule has 0 saturated heterocycles. The molecule has 0 spiro atoms. The molecule has 0 aliphatic rings. The molecule has 0 aliphatic carbocycles. The molecule has 0 atom stereocenters. The van der Waals surface area contributed by atoms with Crippen LogP contribution in [0.5, 0.6) is 0 Å². The van der Waals surface area contributed by atoms with Gasteiger partial charge in [0.25, 0.3) is 0 Å². The predicted octanol–water partition coefficient (Wildman–Crippen LogP) is 2.75. The number of halogens is 2. The average Bonchev–Trinajstić information content (AvgIpc) is 2.36. The Labute approximate surface area is 129 Å². The lowest BCUT2D eigenvalue weighted by molar-refractivity contribution is 0.0513. The number of rotatable bonds is 5. The number of ether oxygens (including phenoxy) is 1. The first-order valence-electron chi connectivity index (χ1n) is 7.00. The maximum atomic E-state index is 13.5. The van der Waals surface area contributed by atoms with Crippen molar-refractivity contribution in [2.75, 3.05) is 6.54 Å². The Bertz CT molecular complexity index is 528. The highest BCUT2D eigenvalue weighted by molar-refractivity contribution is 5.67. The molecule has 0 aliphatic heterocycles. The largest absolute Gasteiger partial charge is 0.444 e. The molecule has 0 fully saturated rings. The van der Waals surface area contributed by atoms with Crippen molar-refractivity contribution in [3.8, 4) is 0 Å². The van der Waals surface area contributed by atoms with Gasteiger partial charge in [0.15, 0.2) is 0 Å². The van der Waals surface area contributed by atoms with Crippen LogP contribution in [0.2, 0.25) is 0 Å². The van der Waals surface area contributed by atoms with Crippen LogP contribution in [0.4, 0.5) is 13.6 Å². The zero-order chi connectivity index (χ0) is 17.0. The summed E-state index contributed by atoms with van der Waals surface area (Å²) in [5.41, 5.74) is -0.916. The van der Waals surface area contributed by atoms with Crippen molar-refractivity contribution in [1.29, 1.82) is 0 Å². The summed E-state index contributed by atoms with van der Waals surface area (Å²) in [5, 5.41) is 5.69. The summed E-state index contributed by atoms with van der Waals surface area (Å²) in [6.45, 7) is 9.38. The fraction of sp³-hybridized carbons (Fsp3) is 0.600. The van der Waals surface area contributed by atoms with E-state index in [0.717, 1.165) is 12.3 Å². The Kier molecular flexibility index (Phi) is 5.82. The number of hydrogen-bond donors (Lipinski definition) is 2. The molecule has 0 saturated carbocycles. The van der Waals surface area contributed by atoms with Crippen LogP contribution in [0.25, 0.3) is 0 Å². The van der Waals surface area contributed by atoms with Crippen molar-refractivity contribution in [1.82, 2.24) is 15.6 Å². The zero-order valence-electron chi connectivity index (χ0n) is 13.6. The van der Waals surface area contributed by atoms with Crippen LogP contribution < -0.4 is 10.6 Å². The molecule has 1 aromatic rings. The third-order valence-electron chi connectivity index (χ3n) is 2.73. The summed E-state index contributed by atoms with van der Waals surface area (Å²) in [5.74, 6) is -1.31. The molecule has 0 aromatic carbocycles. The molecule has 22 heavy (non-hydrogen) atoms. The number of pyridine rings is 1. The van der Waals surface area contributed by atoms with Gasteiger partial charge in [0.2, 0.25) is 5.95 Å². The Morgan fingerprint density at radius 3 is 2.50 bits per heavy atom. The summed E-state index contributed by atoms with van der Waals surface area (Å²) < 4.78 is 31.6. The smallest absolute Gasteiger partial charge is 0.407 e. The minimum atomic E-state index is -0.733. The second-order valence-electron chi connectivity index (χ2n) is 6.69. The van der Waals surface area contributed by atoms with Crippen LogP contribution in [0.1, 0.15) is 40.2 Å². The summed E-state index contributed by atoms with van der Waals surface area (Å²) in [6.07, 6.45) is 0.321. The van der Waals surface area contributed by atoms with E-state index in [1.807, 2.05) is 13.8 Å². The molecule has 0 radical (unpaired) electrons. The van der Waals surface area contributed by atoms with E-state index in [0.29, 0.717) is 0 Å². The van der Waals surface area contributed by atoms with Crippen LogP contribution in [-0.4, -0.2) is 28.8 Å². The van der Waals surface area contributed by atoms with E-state index in [9.17, 15) is 13.6 Å². The van der Waals surface area contributed by atoms with Gasteiger partial charge in [-0.05, 0) is 34.6 Å². The van der Waals surface area contributed by atoms with E-state index in [-0.39, 0.29) is 18.7 Å². The lowest BCUT2D eigenvalue weighted by Gasteiger charge is -2.28. The number of amides is 1. The summed E-state index contributed by atoms with van der Waals surface area (Å²) >= 11 is 0. The molecular formula is C15H23F2N3O2. The molecule has 7 heteroatoms. The van der Waals surface area contributed by atoms with Crippen molar-refractivity contribution < 1.29 is 18.3 Å². The fourth-order valence-electron chi connectivity index (χ4n) is 1.59. The monoisotopic (exact) mass is 315 g/mol. The van der Waals surface area contributed by atoms with Gasteiger partial charge in [-0.3, -0.25) is 0 Å². The Morgan fingerprint density at radius 2 is 1.91 bits per heavy atom. The number of aromatic nitrogens is 1. The predicted molar refractivity (Wildman–Crippen MR) is 79.3 cm³/mol. The van der Waals surface area contributed by atoms with E-state index < -0.39 is 29.0 Å². The highest BCUT2D eigenvalue weighted by Crippen LogP contribution is 2.10. The van der Waals surface area contributed by atoms with Crippen LogP contribution in [0.3, 0.4) is 0 Å². The van der Waals surface area contributed by atoms with Crippen molar-refractivity contribution in [2.45, 2.75) is 52.3 Å². The maximum absolute atomic E-state index is 13.5. The molecule has 1 rings (SSSR count). The molecule has 2 N–H and O–H groups in total. The Hall–Kier alpha value is -1.76. The van der Waals surface area contributed by atoms with E-state index in [1.165, 1.54) is 0 Å². The maximum Gasteiger partial charge on any atom is 0.407 e. The number of nitrogens with one attached hydrogen (secondary N) is 2. The Balaban J connectivity index is 2.50. The van der Waals surface area contributed by atoms with Gasteiger partial charge in [-0.1, -0.05) is 0 Å². The third-order valence-corrected chi connectivity index (χ3v) is 2.73. The summed E-state index contributed by atoms with van der Waals surface area (Å²) in [7, 11) is 0. The van der Waals surface area contributed by atoms with Crippen molar-refractivity contribution in [2.24, 2.45) is 0 Å². The van der Waals surface area contributed by atoms with Gasteiger partial charge in [0.05, 0.1) is 6.20 Å². The molecule has 124 valence electrons. The second-order valence-corrected chi connectivity index (χ2v) is 6.69. The molecule has 1 aromatic heterocycles. The number of nitrogens with zero attached hydrogens (tertiary/aromatic N) is 1. The molecule has 0 unspecified atom stereocenters. The number of carbonyl (C=O) groups is 1. The van der Waals surface area contributed by atoms with Gasteiger partial charge < -0.3 is 15.4 Å². The Morgan fingerprint density at radius 1 is 1.27 bits per heavy atom. The third kappa shape index (κ3) is 6.80. The molecular weight excluding hydrogens is 292 g/mol. The van der Waals surface area contributed by atoms with Crippen molar-refractivity contribution in [3.05, 3.63) is 29.6 Å². The minimum Gasteiger partial charge on any atom is -0.444 e. The van der Waals surface area contributed by atoms with Crippen LogP contribution in [0.15, 0.2) is 12.3 Å². The number of carbonyl (C=O) groups excluding carboxylic acids is 1. The van der Waals surface area contributed by atoms with Gasteiger partial charge in [0.1, 0.15) is 11.4 Å². The average molecular weight is 315 g/mol. The lowest BCUT2D eigenvalue weighted by atomic mass is 10.1. The quantitative estimate of drug-likeness (QED) is 0.820. The van der Waals surface area contributed by atoms with E-state index in [1.54, 1.807) is 20.8 Å². The van der Waals surface area contributed by atoms with Gasteiger partial charge in [-0.2, -0.15) is 4.39 Å². The first kappa shape index (κ1) is 18.3. The highest BCUT2D eigenvalue weighted by atomic mass is 19.1. The molecule has 0 bridgehead atoms. The van der Waals surface area contributed by atoms with Gasteiger partial charge >= 0.3 is 6.09 Å². The minimum absolute atomic E-state index is 0.119. The fourth-order valence-corrected chi connectivity index (χ4v) is 1.59. The normalized spacial score (nSPS) is 12.1. The first-order valence-corrected chi connectivity index (χ1v) is 7.00. The van der Waals surface area contributed by atoms with Gasteiger partial charge in [-0.15, -0.1) is 0 Å².